The lowest BCUT2D eigenvalue weighted by Gasteiger charge is -2.33. The second kappa shape index (κ2) is 7.19. The van der Waals surface area contributed by atoms with E-state index in [0.717, 1.165) is 5.39 Å². The van der Waals surface area contributed by atoms with Crippen molar-refractivity contribution in [2.75, 3.05) is 32.8 Å². The lowest BCUT2D eigenvalue weighted by molar-refractivity contribution is 0.0934. The molecule has 3 rings (SSSR count). The molecule has 0 N–H and O–H groups in total. The van der Waals surface area contributed by atoms with E-state index in [1.54, 1.807) is 31.2 Å². The molecule has 0 radical (unpaired) electrons. The molecule has 1 aliphatic heterocycles. The van der Waals surface area contributed by atoms with Crippen LogP contribution in [0.4, 0.5) is 4.79 Å². The summed E-state index contributed by atoms with van der Waals surface area (Å²) in [6, 6.07) is 10.4. The highest BCUT2D eigenvalue weighted by Gasteiger charge is 2.31. The minimum Gasteiger partial charge on any atom is -0.450 e. The van der Waals surface area contributed by atoms with E-state index in [1.807, 2.05) is 12.1 Å². The molecular weight excluding hydrogens is 364 g/mol. The van der Waals surface area contributed by atoms with Crippen molar-refractivity contribution in [1.82, 2.24) is 9.21 Å². The highest BCUT2D eigenvalue weighted by Crippen LogP contribution is 2.31. The van der Waals surface area contributed by atoms with Crippen LogP contribution in [-0.2, 0) is 14.8 Å². The summed E-state index contributed by atoms with van der Waals surface area (Å²) >= 11 is 6.25. The number of rotatable bonds is 3. The van der Waals surface area contributed by atoms with Crippen LogP contribution in [-0.4, -0.2) is 56.5 Å². The van der Waals surface area contributed by atoms with Gasteiger partial charge in [0.05, 0.1) is 11.5 Å². The molecule has 134 valence electrons. The molecule has 2 aromatic carbocycles. The zero-order valence-corrected chi connectivity index (χ0v) is 15.4. The van der Waals surface area contributed by atoms with Crippen molar-refractivity contribution in [2.24, 2.45) is 0 Å². The van der Waals surface area contributed by atoms with Crippen LogP contribution in [0, 0.1) is 0 Å². The number of carbonyl (C=O) groups is 1. The summed E-state index contributed by atoms with van der Waals surface area (Å²) in [7, 11) is -3.70. The average Bonchev–Trinajstić information content (AvgIpc) is 2.62. The van der Waals surface area contributed by atoms with E-state index >= 15 is 0 Å². The molecule has 2 aromatic rings. The topological polar surface area (TPSA) is 66.9 Å². The summed E-state index contributed by atoms with van der Waals surface area (Å²) in [6.07, 6.45) is -0.409. The van der Waals surface area contributed by atoms with Gasteiger partial charge < -0.3 is 9.64 Å². The molecule has 1 amide bonds. The quantitative estimate of drug-likeness (QED) is 0.818. The van der Waals surface area contributed by atoms with Gasteiger partial charge in [0, 0.05) is 36.6 Å². The van der Waals surface area contributed by atoms with Crippen molar-refractivity contribution >= 4 is 38.5 Å². The van der Waals surface area contributed by atoms with Crippen LogP contribution in [0.1, 0.15) is 6.92 Å². The van der Waals surface area contributed by atoms with Gasteiger partial charge in [-0.2, -0.15) is 4.31 Å². The van der Waals surface area contributed by atoms with Crippen molar-refractivity contribution in [1.29, 1.82) is 0 Å². The largest absolute Gasteiger partial charge is 0.450 e. The number of piperazine rings is 1. The van der Waals surface area contributed by atoms with Crippen molar-refractivity contribution in [3.63, 3.8) is 0 Å². The fraction of sp³-hybridized carbons (Fsp3) is 0.353. The summed E-state index contributed by atoms with van der Waals surface area (Å²) in [5, 5.41) is 1.71. The van der Waals surface area contributed by atoms with Gasteiger partial charge in [-0.05, 0) is 24.4 Å². The maximum absolute atomic E-state index is 13.1. The fourth-order valence-electron chi connectivity index (χ4n) is 2.94. The monoisotopic (exact) mass is 382 g/mol. The Balaban J connectivity index is 1.88. The summed E-state index contributed by atoms with van der Waals surface area (Å²) in [4.78, 5) is 13.5. The van der Waals surface area contributed by atoms with Crippen LogP contribution in [0.15, 0.2) is 41.3 Å². The standard InChI is InChI=1S/C17H19ClN2O4S/c1-2-24-17(21)19-9-11-20(12-10-19)25(22,23)15-8-4-6-13-5-3-7-14(18)16(13)15/h3-8H,2,9-12H2,1H3. The second-order valence-corrected chi connectivity index (χ2v) is 8.00. The molecule has 0 spiro atoms. The normalized spacial score (nSPS) is 16.2. The van der Waals surface area contributed by atoms with Gasteiger partial charge in [-0.15, -0.1) is 0 Å². The van der Waals surface area contributed by atoms with E-state index in [2.05, 4.69) is 0 Å². The molecule has 1 saturated heterocycles. The first-order valence-corrected chi connectivity index (χ1v) is 9.86. The number of ether oxygens (including phenoxy) is 1. The maximum atomic E-state index is 13.1. The molecular formula is C17H19ClN2O4S. The fourth-order valence-corrected chi connectivity index (χ4v) is 4.94. The molecule has 0 saturated carbocycles. The van der Waals surface area contributed by atoms with Crippen LogP contribution in [0.3, 0.4) is 0 Å². The van der Waals surface area contributed by atoms with E-state index in [-0.39, 0.29) is 18.0 Å². The Morgan fingerprint density at radius 2 is 1.76 bits per heavy atom. The SMILES string of the molecule is CCOC(=O)N1CCN(S(=O)(=O)c2cccc3cccc(Cl)c23)CC1. The maximum Gasteiger partial charge on any atom is 0.409 e. The smallest absolute Gasteiger partial charge is 0.409 e. The second-order valence-electron chi connectivity index (χ2n) is 5.68. The van der Waals surface area contributed by atoms with Gasteiger partial charge >= 0.3 is 6.09 Å². The number of sulfonamides is 1. The predicted octanol–water partition coefficient (Wildman–Crippen LogP) is 2.96. The van der Waals surface area contributed by atoms with Gasteiger partial charge in [-0.1, -0.05) is 35.9 Å². The van der Waals surface area contributed by atoms with Crippen LogP contribution in [0.25, 0.3) is 10.8 Å². The average molecular weight is 383 g/mol. The lowest BCUT2D eigenvalue weighted by atomic mass is 10.1. The first kappa shape index (κ1) is 18.0. The van der Waals surface area contributed by atoms with Crippen LogP contribution >= 0.6 is 11.6 Å². The van der Waals surface area contributed by atoms with Gasteiger partial charge in [-0.3, -0.25) is 0 Å². The van der Waals surface area contributed by atoms with Gasteiger partial charge in [0.1, 0.15) is 0 Å². The number of benzene rings is 2. The number of nitrogens with zero attached hydrogens (tertiary/aromatic N) is 2. The van der Waals surface area contributed by atoms with E-state index in [1.165, 1.54) is 9.21 Å². The number of amides is 1. The Hall–Kier alpha value is -1.83. The van der Waals surface area contributed by atoms with Crippen molar-refractivity contribution in [2.45, 2.75) is 11.8 Å². The Bertz CT molecular complexity index is 887. The number of halogens is 1. The van der Waals surface area contributed by atoms with E-state index < -0.39 is 16.1 Å². The molecule has 0 aliphatic carbocycles. The van der Waals surface area contributed by atoms with Crippen molar-refractivity contribution < 1.29 is 17.9 Å². The minimum atomic E-state index is -3.70. The van der Waals surface area contributed by atoms with Gasteiger partial charge in [-0.25, -0.2) is 13.2 Å². The number of carbonyl (C=O) groups excluding carboxylic acids is 1. The summed E-state index contributed by atoms with van der Waals surface area (Å²) in [5.74, 6) is 0. The van der Waals surface area contributed by atoms with E-state index in [9.17, 15) is 13.2 Å². The van der Waals surface area contributed by atoms with Crippen molar-refractivity contribution in [3.8, 4) is 0 Å². The molecule has 1 heterocycles. The predicted molar refractivity (Wildman–Crippen MR) is 96.3 cm³/mol. The molecule has 0 aromatic heterocycles. The Kier molecular flexibility index (Phi) is 5.17. The molecule has 0 unspecified atom stereocenters. The Labute approximate surface area is 152 Å². The zero-order valence-electron chi connectivity index (χ0n) is 13.8. The Morgan fingerprint density at radius 3 is 2.40 bits per heavy atom. The van der Waals surface area contributed by atoms with Gasteiger partial charge in [0.25, 0.3) is 0 Å². The van der Waals surface area contributed by atoms with Crippen LogP contribution in [0.2, 0.25) is 5.02 Å². The number of hydrogen-bond acceptors (Lipinski definition) is 4. The first-order chi connectivity index (χ1) is 11.9. The third-order valence-electron chi connectivity index (χ3n) is 4.20. The van der Waals surface area contributed by atoms with Gasteiger partial charge in [0.15, 0.2) is 0 Å². The zero-order chi connectivity index (χ0) is 18.0. The molecule has 1 aliphatic rings. The number of hydrogen-bond donors (Lipinski definition) is 0. The van der Waals surface area contributed by atoms with Crippen molar-refractivity contribution in [3.05, 3.63) is 41.4 Å². The third kappa shape index (κ3) is 3.44. The third-order valence-corrected chi connectivity index (χ3v) is 6.45. The molecule has 1 fully saturated rings. The van der Waals surface area contributed by atoms with Crippen LogP contribution < -0.4 is 0 Å². The summed E-state index contributed by atoms with van der Waals surface area (Å²) in [5.41, 5.74) is 0. The minimum absolute atomic E-state index is 0.195. The van der Waals surface area contributed by atoms with Crippen LogP contribution in [0.5, 0.6) is 0 Å². The summed E-state index contributed by atoms with van der Waals surface area (Å²) in [6.45, 7) is 3.09. The molecule has 6 nitrogen and oxygen atoms in total. The van der Waals surface area contributed by atoms with Gasteiger partial charge in [0.2, 0.25) is 10.0 Å². The van der Waals surface area contributed by atoms with E-state index in [4.69, 9.17) is 16.3 Å². The molecule has 0 bridgehead atoms. The lowest BCUT2D eigenvalue weighted by Crippen LogP contribution is -2.50. The molecule has 0 atom stereocenters. The first-order valence-electron chi connectivity index (χ1n) is 8.04. The molecule has 25 heavy (non-hydrogen) atoms. The highest BCUT2D eigenvalue weighted by molar-refractivity contribution is 7.89. The molecule has 8 heteroatoms. The number of fused-ring (bicyclic) bond motifs is 1. The summed E-state index contributed by atoms with van der Waals surface area (Å²) < 4.78 is 32.5. The Morgan fingerprint density at radius 1 is 1.12 bits per heavy atom. The highest BCUT2D eigenvalue weighted by atomic mass is 35.5. The van der Waals surface area contributed by atoms with E-state index in [0.29, 0.717) is 30.1 Å².